The van der Waals surface area contributed by atoms with Gasteiger partial charge in [0.25, 0.3) is 11.5 Å². The minimum atomic E-state index is -0.137. The summed E-state index contributed by atoms with van der Waals surface area (Å²) < 4.78 is 1.65. The maximum Gasteiger partial charge on any atom is 0.256 e. The van der Waals surface area contributed by atoms with E-state index in [1.807, 2.05) is 60.7 Å². The number of nitrogens with one attached hydrogen (secondary N) is 1. The number of rotatable bonds is 5. The zero-order valence-electron chi connectivity index (χ0n) is 16.4. The number of hydrogen-bond acceptors (Lipinski definition) is 3. The molecular weight excluding hydrogens is 374 g/mol. The van der Waals surface area contributed by atoms with Gasteiger partial charge in [-0.15, -0.1) is 0 Å². The van der Waals surface area contributed by atoms with Gasteiger partial charge < -0.3 is 9.88 Å². The molecule has 0 aliphatic heterocycles. The zero-order chi connectivity index (χ0) is 20.5. The summed E-state index contributed by atoms with van der Waals surface area (Å²) in [5.74, 6) is 0.337. The van der Waals surface area contributed by atoms with Gasteiger partial charge in [-0.25, -0.2) is 0 Å². The smallest absolute Gasteiger partial charge is 0.256 e. The molecule has 1 aliphatic carbocycles. The minimum Gasteiger partial charge on any atom is -0.322 e. The molecule has 0 bridgehead atoms. The Hall–Kier alpha value is -3.73. The van der Waals surface area contributed by atoms with E-state index < -0.39 is 0 Å². The lowest BCUT2D eigenvalue weighted by molar-refractivity contribution is 0.102. The van der Waals surface area contributed by atoms with Crippen LogP contribution in [-0.2, 0) is 6.54 Å². The number of aromatic nitrogens is 2. The van der Waals surface area contributed by atoms with E-state index in [1.165, 1.54) is 0 Å². The Balaban J connectivity index is 1.38. The first-order valence-electron chi connectivity index (χ1n) is 10.1. The molecule has 2 aromatic heterocycles. The van der Waals surface area contributed by atoms with E-state index in [4.69, 9.17) is 4.98 Å². The highest BCUT2D eigenvalue weighted by Gasteiger charge is 2.27. The Kier molecular flexibility index (Phi) is 4.64. The van der Waals surface area contributed by atoms with E-state index in [-0.39, 0.29) is 11.5 Å². The average molecular weight is 395 g/mol. The van der Waals surface area contributed by atoms with Gasteiger partial charge in [0.2, 0.25) is 0 Å². The fraction of sp³-hybridized carbons (Fsp3) is 0.160. The van der Waals surface area contributed by atoms with Crippen LogP contribution in [0.5, 0.6) is 0 Å². The predicted octanol–water partition coefficient (Wildman–Crippen LogP) is 4.57. The summed E-state index contributed by atoms with van der Waals surface area (Å²) in [5.41, 5.74) is 4.19. The first-order valence-corrected chi connectivity index (χ1v) is 10.1. The number of pyridine rings is 2. The summed E-state index contributed by atoms with van der Waals surface area (Å²) in [4.78, 5) is 29.7. The molecule has 1 N–H and O–H groups in total. The van der Waals surface area contributed by atoms with Gasteiger partial charge in [0.1, 0.15) is 0 Å². The Morgan fingerprint density at radius 1 is 1.00 bits per heavy atom. The Morgan fingerprint density at radius 2 is 1.77 bits per heavy atom. The van der Waals surface area contributed by atoms with Gasteiger partial charge in [-0.05, 0) is 48.7 Å². The number of hydrogen-bond donors (Lipinski definition) is 1. The molecule has 1 saturated carbocycles. The number of carbonyl (C=O) groups excluding carboxylic acids is 1. The molecule has 0 radical (unpaired) electrons. The second-order valence-corrected chi connectivity index (χ2v) is 7.70. The summed E-state index contributed by atoms with van der Waals surface area (Å²) in [6, 6.07) is 22.4. The molecule has 1 amide bonds. The molecule has 4 aromatic rings. The highest BCUT2D eigenvalue weighted by molar-refractivity contribution is 6.12. The van der Waals surface area contributed by atoms with Crippen molar-refractivity contribution in [1.82, 2.24) is 9.55 Å². The maximum absolute atomic E-state index is 13.1. The number of para-hydroxylation sites is 1. The normalized spacial score (nSPS) is 13.3. The van der Waals surface area contributed by atoms with Crippen LogP contribution in [0.3, 0.4) is 0 Å². The van der Waals surface area contributed by atoms with Crippen LogP contribution in [0.15, 0.2) is 83.8 Å². The third-order valence-corrected chi connectivity index (χ3v) is 5.44. The molecule has 30 heavy (non-hydrogen) atoms. The van der Waals surface area contributed by atoms with Crippen LogP contribution in [0, 0.1) is 0 Å². The third kappa shape index (κ3) is 3.74. The van der Waals surface area contributed by atoms with E-state index >= 15 is 0 Å². The van der Waals surface area contributed by atoms with E-state index in [0.29, 0.717) is 18.0 Å². The molecule has 0 spiro atoms. The fourth-order valence-corrected chi connectivity index (χ4v) is 3.65. The quantitative estimate of drug-likeness (QED) is 0.538. The molecule has 0 saturated heterocycles. The van der Waals surface area contributed by atoms with E-state index in [1.54, 1.807) is 22.9 Å². The molecule has 5 heteroatoms. The topological polar surface area (TPSA) is 64.0 Å². The monoisotopic (exact) mass is 395 g/mol. The van der Waals surface area contributed by atoms with Crippen molar-refractivity contribution in [1.29, 1.82) is 0 Å². The van der Waals surface area contributed by atoms with Crippen molar-refractivity contribution >= 4 is 22.5 Å². The molecule has 1 aliphatic rings. The molecule has 0 unspecified atom stereocenters. The van der Waals surface area contributed by atoms with E-state index in [2.05, 4.69) is 5.32 Å². The van der Waals surface area contributed by atoms with Crippen molar-refractivity contribution in [2.24, 2.45) is 0 Å². The summed E-state index contributed by atoms with van der Waals surface area (Å²) in [6.45, 7) is 0.494. The molecule has 0 atom stereocenters. The fourth-order valence-electron chi connectivity index (χ4n) is 3.65. The van der Waals surface area contributed by atoms with Crippen LogP contribution in [0.1, 0.15) is 40.4 Å². The summed E-state index contributed by atoms with van der Waals surface area (Å²) >= 11 is 0. The van der Waals surface area contributed by atoms with Crippen molar-refractivity contribution in [3.63, 3.8) is 0 Å². The van der Waals surface area contributed by atoms with Gasteiger partial charge in [-0.2, -0.15) is 0 Å². The molecule has 2 aromatic carbocycles. The molecular formula is C25H21N3O2. The lowest BCUT2D eigenvalue weighted by Crippen LogP contribution is -2.18. The van der Waals surface area contributed by atoms with Crippen LogP contribution in [-0.4, -0.2) is 15.5 Å². The van der Waals surface area contributed by atoms with Crippen molar-refractivity contribution in [2.75, 3.05) is 5.32 Å². The number of nitrogens with zero attached hydrogens (tertiary/aromatic N) is 2. The van der Waals surface area contributed by atoms with Gasteiger partial charge >= 0.3 is 0 Å². The van der Waals surface area contributed by atoms with Crippen LogP contribution in [0.2, 0.25) is 0 Å². The average Bonchev–Trinajstić information content (AvgIpc) is 3.61. The van der Waals surface area contributed by atoms with Crippen LogP contribution in [0.25, 0.3) is 10.9 Å². The number of carbonyl (C=O) groups is 1. The Morgan fingerprint density at radius 3 is 2.53 bits per heavy atom. The Bertz CT molecular complexity index is 1290. The SMILES string of the molecule is O=C(Nc1ccc(Cn2ccccc2=O)cc1)c1cc(C2CC2)nc2ccccc12. The highest BCUT2D eigenvalue weighted by atomic mass is 16.1. The number of benzene rings is 2. The molecule has 148 valence electrons. The maximum atomic E-state index is 13.1. The van der Waals surface area contributed by atoms with Crippen LogP contribution in [0.4, 0.5) is 5.69 Å². The number of fused-ring (bicyclic) bond motifs is 1. The van der Waals surface area contributed by atoms with Gasteiger partial charge in [-0.1, -0.05) is 36.4 Å². The van der Waals surface area contributed by atoms with Gasteiger partial charge in [-0.3, -0.25) is 14.6 Å². The van der Waals surface area contributed by atoms with Crippen molar-refractivity contribution in [2.45, 2.75) is 25.3 Å². The van der Waals surface area contributed by atoms with E-state index in [9.17, 15) is 9.59 Å². The van der Waals surface area contributed by atoms with Crippen molar-refractivity contribution < 1.29 is 4.79 Å². The van der Waals surface area contributed by atoms with Gasteiger partial charge in [0.05, 0.1) is 17.6 Å². The third-order valence-electron chi connectivity index (χ3n) is 5.44. The Labute approximate surface area is 174 Å². The minimum absolute atomic E-state index is 0.0362. The van der Waals surface area contributed by atoms with E-state index in [0.717, 1.165) is 40.7 Å². The second kappa shape index (κ2) is 7.59. The van der Waals surface area contributed by atoms with Gasteiger partial charge in [0, 0.05) is 34.9 Å². The number of anilines is 1. The first kappa shape index (κ1) is 18.3. The van der Waals surface area contributed by atoms with Gasteiger partial charge in [0.15, 0.2) is 0 Å². The molecule has 5 rings (SSSR count). The zero-order valence-corrected chi connectivity index (χ0v) is 16.4. The molecule has 2 heterocycles. The molecule has 1 fully saturated rings. The largest absolute Gasteiger partial charge is 0.322 e. The lowest BCUT2D eigenvalue weighted by Gasteiger charge is -2.11. The number of amides is 1. The summed E-state index contributed by atoms with van der Waals surface area (Å²) in [7, 11) is 0. The summed E-state index contributed by atoms with van der Waals surface area (Å²) in [5, 5.41) is 3.86. The van der Waals surface area contributed by atoms with Crippen LogP contribution < -0.4 is 10.9 Å². The molecule has 5 nitrogen and oxygen atoms in total. The van der Waals surface area contributed by atoms with Crippen LogP contribution >= 0.6 is 0 Å². The predicted molar refractivity (Wildman–Crippen MR) is 118 cm³/mol. The highest BCUT2D eigenvalue weighted by Crippen LogP contribution is 2.40. The van der Waals surface area contributed by atoms with Crippen molar-refractivity contribution in [3.8, 4) is 0 Å². The lowest BCUT2D eigenvalue weighted by atomic mass is 10.1. The first-order chi connectivity index (χ1) is 14.7. The summed E-state index contributed by atoms with van der Waals surface area (Å²) in [6.07, 6.45) is 4.04. The second-order valence-electron chi connectivity index (χ2n) is 7.70. The van der Waals surface area contributed by atoms with Crippen molar-refractivity contribution in [3.05, 3.63) is 106 Å². The standard InChI is InChI=1S/C25H21N3O2/c29-24-7-3-4-14-28(24)16-17-8-12-19(13-9-17)26-25(30)21-15-23(18-10-11-18)27-22-6-2-1-5-20(21)22/h1-9,12-15,18H,10-11,16H2,(H,26,30).